The number of hydrogen-bond donors (Lipinski definition) is 2. The van der Waals surface area contributed by atoms with Gasteiger partial charge >= 0.3 is 0 Å². The van der Waals surface area contributed by atoms with Crippen LogP contribution in [-0.2, 0) is 14.8 Å². The first-order valence-corrected chi connectivity index (χ1v) is 9.72. The molecule has 26 heavy (non-hydrogen) atoms. The Balaban J connectivity index is 2.44. The molecule has 3 N–H and O–H groups in total. The van der Waals surface area contributed by atoms with Gasteiger partial charge in [-0.1, -0.05) is 0 Å². The highest BCUT2D eigenvalue weighted by molar-refractivity contribution is 7.89. The molecule has 1 saturated heterocycles. The summed E-state index contributed by atoms with van der Waals surface area (Å²) >= 11 is 0. The van der Waals surface area contributed by atoms with Crippen molar-refractivity contribution in [3.63, 3.8) is 0 Å². The van der Waals surface area contributed by atoms with Crippen LogP contribution in [0.2, 0.25) is 0 Å². The number of ether oxygens (including phenoxy) is 3. The van der Waals surface area contributed by atoms with Crippen molar-refractivity contribution in [3.05, 3.63) is 17.7 Å². The number of benzene rings is 1. The predicted molar refractivity (Wildman–Crippen MR) is 95.1 cm³/mol. The zero-order chi connectivity index (χ0) is 19.2. The van der Waals surface area contributed by atoms with Crippen molar-refractivity contribution in [1.29, 1.82) is 0 Å². The fourth-order valence-corrected chi connectivity index (χ4v) is 4.04. The molecule has 10 heteroatoms. The molecular formula is C16H25N3O6S. The second-order valence-electron chi connectivity index (χ2n) is 5.62. The van der Waals surface area contributed by atoms with E-state index >= 15 is 0 Å². The van der Waals surface area contributed by atoms with Gasteiger partial charge in [0.25, 0.3) is 5.91 Å². The first-order valence-electron chi connectivity index (χ1n) is 8.28. The van der Waals surface area contributed by atoms with Crippen LogP contribution in [0.1, 0.15) is 16.8 Å². The number of nitrogens with two attached hydrogens (primary N) is 1. The van der Waals surface area contributed by atoms with E-state index in [4.69, 9.17) is 19.9 Å². The number of nitrogens with one attached hydrogen (secondary N) is 1. The second-order valence-corrected chi connectivity index (χ2v) is 7.56. The number of methoxy groups -OCH3 is 2. The lowest BCUT2D eigenvalue weighted by molar-refractivity contribution is 0.0730. The van der Waals surface area contributed by atoms with E-state index in [2.05, 4.69) is 5.32 Å². The fraction of sp³-hybridized carbons (Fsp3) is 0.562. The van der Waals surface area contributed by atoms with Crippen LogP contribution >= 0.6 is 0 Å². The van der Waals surface area contributed by atoms with Crippen molar-refractivity contribution in [2.45, 2.75) is 11.3 Å². The number of carbonyl (C=O) groups excluding carboxylic acids is 1. The minimum Gasteiger partial charge on any atom is -0.493 e. The molecule has 0 atom stereocenters. The molecule has 0 radical (unpaired) electrons. The summed E-state index contributed by atoms with van der Waals surface area (Å²) in [5, 5.41) is 2.70. The molecule has 1 fully saturated rings. The van der Waals surface area contributed by atoms with Gasteiger partial charge in [0.05, 0.1) is 37.9 Å². The van der Waals surface area contributed by atoms with E-state index in [0.717, 1.165) is 0 Å². The summed E-state index contributed by atoms with van der Waals surface area (Å²) in [4.78, 5) is 12.5. The van der Waals surface area contributed by atoms with Crippen LogP contribution in [0, 0.1) is 0 Å². The second kappa shape index (κ2) is 9.17. The van der Waals surface area contributed by atoms with E-state index in [1.54, 1.807) is 0 Å². The van der Waals surface area contributed by atoms with Crippen molar-refractivity contribution in [1.82, 2.24) is 9.62 Å². The smallest absolute Gasteiger partial charge is 0.255 e. The van der Waals surface area contributed by atoms with Crippen LogP contribution in [0.3, 0.4) is 0 Å². The summed E-state index contributed by atoms with van der Waals surface area (Å²) < 4.78 is 42.9. The zero-order valence-corrected chi connectivity index (χ0v) is 15.8. The van der Waals surface area contributed by atoms with E-state index in [-0.39, 0.29) is 35.0 Å². The molecule has 1 aliphatic heterocycles. The molecular weight excluding hydrogens is 362 g/mol. The topological polar surface area (TPSA) is 120 Å². The molecule has 1 aromatic rings. The van der Waals surface area contributed by atoms with Gasteiger partial charge in [0, 0.05) is 25.7 Å². The number of morpholine rings is 1. The Kier molecular flexibility index (Phi) is 7.21. The van der Waals surface area contributed by atoms with Gasteiger partial charge in [0.2, 0.25) is 10.0 Å². The van der Waals surface area contributed by atoms with Gasteiger partial charge < -0.3 is 25.3 Å². The number of sulfonamides is 1. The lowest BCUT2D eigenvalue weighted by atomic mass is 10.1. The van der Waals surface area contributed by atoms with Crippen molar-refractivity contribution >= 4 is 15.9 Å². The number of hydrogen-bond acceptors (Lipinski definition) is 7. The third kappa shape index (κ3) is 4.44. The van der Waals surface area contributed by atoms with Crippen molar-refractivity contribution in [2.75, 3.05) is 53.6 Å². The molecule has 1 aromatic carbocycles. The maximum absolute atomic E-state index is 12.9. The molecule has 0 aliphatic carbocycles. The van der Waals surface area contributed by atoms with E-state index in [9.17, 15) is 13.2 Å². The van der Waals surface area contributed by atoms with Gasteiger partial charge in [0.1, 0.15) is 0 Å². The number of carbonyl (C=O) groups is 1. The monoisotopic (exact) mass is 387 g/mol. The van der Waals surface area contributed by atoms with Gasteiger partial charge in [-0.3, -0.25) is 4.79 Å². The molecule has 1 aliphatic rings. The van der Waals surface area contributed by atoms with Crippen LogP contribution in [0.4, 0.5) is 0 Å². The Bertz CT molecular complexity index is 732. The normalized spacial score (nSPS) is 15.5. The average Bonchev–Trinajstić information content (AvgIpc) is 2.67. The van der Waals surface area contributed by atoms with Gasteiger partial charge in [0.15, 0.2) is 11.5 Å². The van der Waals surface area contributed by atoms with Crippen LogP contribution < -0.4 is 20.5 Å². The lowest BCUT2D eigenvalue weighted by Crippen LogP contribution is -2.40. The molecule has 1 amide bonds. The predicted octanol–water partition coefficient (Wildman–Crippen LogP) is -0.197. The summed E-state index contributed by atoms with van der Waals surface area (Å²) in [7, 11) is -1.00. The maximum Gasteiger partial charge on any atom is 0.255 e. The Morgan fingerprint density at radius 2 is 1.96 bits per heavy atom. The van der Waals surface area contributed by atoms with E-state index in [0.29, 0.717) is 32.7 Å². The van der Waals surface area contributed by atoms with Crippen LogP contribution in [-0.4, -0.2) is 72.2 Å². The van der Waals surface area contributed by atoms with Gasteiger partial charge in [-0.25, -0.2) is 8.42 Å². The standard InChI is InChI=1S/C16H25N3O6S/c1-23-14-11-12(26(21,22)19-6-8-25-9-7-19)10-13(15(14)24-2)16(20)18-5-3-4-17/h10-11H,3-9,17H2,1-2H3,(H,18,20). The molecule has 9 nitrogen and oxygen atoms in total. The quantitative estimate of drug-likeness (QED) is 0.593. The largest absolute Gasteiger partial charge is 0.493 e. The molecule has 0 unspecified atom stereocenters. The Morgan fingerprint density at radius 3 is 2.54 bits per heavy atom. The van der Waals surface area contributed by atoms with Crippen molar-refractivity contribution in [3.8, 4) is 11.5 Å². The zero-order valence-electron chi connectivity index (χ0n) is 15.0. The number of rotatable bonds is 8. The first kappa shape index (κ1) is 20.4. The molecule has 0 spiro atoms. The third-order valence-electron chi connectivity index (χ3n) is 3.97. The van der Waals surface area contributed by atoms with Gasteiger partial charge in [-0.15, -0.1) is 0 Å². The van der Waals surface area contributed by atoms with Gasteiger partial charge in [-0.2, -0.15) is 4.31 Å². The van der Waals surface area contributed by atoms with Crippen LogP contribution in [0.15, 0.2) is 17.0 Å². The maximum atomic E-state index is 12.9. The van der Waals surface area contributed by atoms with E-state index < -0.39 is 15.9 Å². The Morgan fingerprint density at radius 1 is 1.27 bits per heavy atom. The Hall–Kier alpha value is -1.88. The Labute approximate surface area is 153 Å². The van der Waals surface area contributed by atoms with Crippen molar-refractivity contribution < 1.29 is 27.4 Å². The summed E-state index contributed by atoms with van der Waals surface area (Å²) in [5.41, 5.74) is 5.52. The highest BCUT2D eigenvalue weighted by Crippen LogP contribution is 2.35. The molecule has 1 heterocycles. The summed E-state index contributed by atoms with van der Waals surface area (Å²) in [6.45, 7) is 1.99. The summed E-state index contributed by atoms with van der Waals surface area (Å²) in [6.07, 6.45) is 0.608. The van der Waals surface area contributed by atoms with Crippen LogP contribution in [0.25, 0.3) is 0 Å². The van der Waals surface area contributed by atoms with Crippen molar-refractivity contribution in [2.24, 2.45) is 5.73 Å². The van der Waals surface area contributed by atoms with Gasteiger partial charge in [-0.05, 0) is 19.0 Å². The molecule has 2 rings (SSSR count). The number of nitrogens with zero attached hydrogens (tertiary/aromatic N) is 1. The van der Waals surface area contributed by atoms with E-state index in [1.807, 2.05) is 0 Å². The number of amides is 1. The molecule has 146 valence electrons. The molecule has 0 saturated carbocycles. The molecule has 0 aromatic heterocycles. The highest BCUT2D eigenvalue weighted by Gasteiger charge is 2.29. The van der Waals surface area contributed by atoms with E-state index in [1.165, 1.54) is 30.7 Å². The van der Waals surface area contributed by atoms with Crippen LogP contribution in [0.5, 0.6) is 11.5 Å². The fourth-order valence-electron chi connectivity index (χ4n) is 2.59. The summed E-state index contributed by atoms with van der Waals surface area (Å²) in [6, 6.07) is 2.67. The SMILES string of the molecule is COc1cc(S(=O)(=O)N2CCOCC2)cc(C(=O)NCCCN)c1OC. The highest BCUT2D eigenvalue weighted by atomic mass is 32.2. The third-order valence-corrected chi connectivity index (χ3v) is 5.85. The lowest BCUT2D eigenvalue weighted by Gasteiger charge is -2.26. The average molecular weight is 387 g/mol. The molecule has 0 bridgehead atoms. The summed E-state index contributed by atoms with van der Waals surface area (Å²) in [5.74, 6) is -0.0999. The first-order chi connectivity index (χ1) is 12.5. The minimum absolute atomic E-state index is 0.0268. The minimum atomic E-state index is -3.78.